The van der Waals surface area contributed by atoms with E-state index in [1.807, 2.05) is 30.5 Å². The van der Waals surface area contributed by atoms with E-state index in [1.165, 1.54) is 7.11 Å². The topological polar surface area (TPSA) is 69.0 Å². The van der Waals surface area contributed by atoms with Gasteiger partial charge in [0.25, 0.3) is 0 Å². The number of nitrogens with one attached hydrogen (secondary N) is 1. The minimum atomic E-state index is -0.518. The van der Waals surface area contributed by atoms with Gasteiger partial charge in [-0.3, -0.25) is 0 Å². The lowest BCUT2D eigenvalue weighted by Gasteiger charge is -2.07. The van der Waals surface area contributed by atoms with Crippen molar-refractivity contribution in [3.05, 3.63) is 64.3 Å². The quantitative estimate of drug-likeness (QED) is 0.744. The number of methoxy groups -OCH3 is 1. The Labute approximate surface area is 154 Å². The van der Waals surface area contributed by atoms with E-state index in [0.29, 0.717) is 15.7 Å². The fraction of sp³-hybridized carbons (Fsp3) is 0.118. The zero-order chi connectivity index (χ0) is 17.8. The summed E-state index contributed by atoms with van der Waals surface area (Å²) in [4.78, 5) is 11.2. The molecule has 0 aliphatic carbocycles. The van der Waals surface area contributed by atoms with Gasteiger partial charge < -0.3 is 10.1 Å². The number of nitrogens with zero attached hydrogens (tertiary/aromatic N) is 3. The van der Waals surface area contributed by atoms with Gasteiger partial charge in [-0.15, -0.1) is 5.10 Å². The number of carbonyl (C=O) groups is 1. The van der Waals surface area contributed by atoms with Crippen molar-refractivity contribution in [1.29, 1.82) is 0 Å². The zero-order valence-electron chi connectivity index (χ0n) is 13.2. The van der Waals surface area contributed by atoms with E-state index < -0.39 is 6.09 Å². The molecule has 3 aromatic rings. The molecule has 1 heterocycles. The summed E-state index contributed by atoms with van der Waals surface area (Å²) in [5, 5.41) is 12.1. The second kappa shape index (κ2) is 7.55. The van der Waals surface area contributed by atoms with E-state index in [9.17, 15) is 4.79 Å². The third-order valence-corrected chi connectivity index (χ3v) is 4.16. The standard InChI is InChI=1S/C17H14Cl2N4O2/c1-25-17(24)20-9-12-8-11(2-7-15(12)19)16-10-23(22-21-16)14-5-3-13(18)4-6-14/h2-8,10H,9H2,1H3,(H,20,24). The van der Waals surface area contributed by atoms with Crippen LogP contribution in [0.15, 0.2) is 48.7 Å². The molecule has 0 spiro atoms. The monoisotopic (exact) mass is 376 g/mol. The highest BCUT2D eigenvalue weighted by Gasteiger charge is 2.09. The van der Waals surface area contributed by atoms with E-state index in [0.717, 1.165) is 16.8 Å². The SMILES string of the molecule is COC(=O)NCc1cc(-c2cn(-c3ccc(Cl)cc3)nn2)ccc1Cl. The Balaban J connectivity index is 1.84. The Bertz CT molecular complexity index is 894. The summed E-state index contributed by atoms with van der Waals surface area (Å²) >= 11 is 12.1. The summed E-state index contributed by atoms with van der Waals surface area (Å²) in [6, 6.07) is 12.7. The molecule has 1 N–H and O–H groups in total. The van der Waals surface area contributed by atoms with E-state index >= 15 is 0 Å². The van der Waals surface area contributed by atoms with Crippen LogP contribution in [0, 0.1) is 0 Å². The number of halogens is 2. The van der Waals surface area contributed by atoms with Crippen LogP contribution in [0.25, 0.3) is 16.9 Å². The fourth-order valence-electron chi connectivity index (χ4n) is 2.23. The van der Waals surface area contributed by atoms with Gasteiger partial charge in [0.05, 0.1) is 19.0 Å². The van der Waals surface area contributed by atoms with Crippen LogP contribution < -0.4 is 5.32 Å². The number of amides is 1. The largest absolute Gasteiger partial charge is 0.453 e. The molecule has 2 aromatic carbocycles. The zero-order valence-corrected chi connectivity index (χ0v) is 14.8. The van der Waals surface area contributed by atoms with Crippen molar-refractivity contribution in [2.24, 2.45) is 0 Å². The summed E-state index contributed by atoms with van der Waals surface area (Å²) in [7, 11) is 1.31. The van der Waals surface area contributed by atoms with Crippen molar-refractivity contribution < 1.29 is 9.53 Å². The molecule has 128 valence electrons. The molecule has 0 atom stereocenters. The Morgan fingerprint density at radius 1 is 1.20 bits per heavy atom. The molecule has 0 fully saturated rings. The molecule has 0 aliphatic heterocycles. The number of benzene rings is 2. The maximum Gasteiger partial charge on any atom is 0.407 e. The molecule has 1 aromatic heterocycles. The van der Waals surface area contributed by atoms with Gasteiger partial charge in [0.15, 0.2) is 0 Å². The van der Waals surface area contributed by atoms with Gasteiger partial charge in [-0.05, 0) is 42.0 Å². The first-order chi connectivity index (χ1) is 12.1. The first-order valence-corrected chi connectivity index (χ1v) is 8.11. The Hall–Kier alpha value is -2.57. The number of rotatable bonds is 4. The number of hydrogen-bond donors (Lipinski definition) is 1. The lowest BCUT2D eigenvalue weighted by molar-refractivity contribution is 0.170. The fourth-order valence-corrected chi connectivity index (χ4v) is 2.54. The molecule has 1 amide bonds. The second-order valence-corrected chi connectivity index (χ2v) is 6.02. The maximum absolute atomic E-state index is 11.2. The minimum Gasteiger partial charge on any atom is -0.453 e. The summed E-state index contributed by atoms with van der Waals surface area (Å²) in [6.07, 6.45) is 1.29. The molecular weight excluding hydrogens is 363 g/mol. The van der Waals surface area contributed by atoms with Gasteiger partial charge in [-0.1, -0.05) is 34.5 Å². The van der Waals surface area contributed by atoms with Crippen molar-refractivity contribution in [3.8, 4) is 16.9 Å². The Morgan fingerprint density at radius 3 is 2.68 bits per heavy atom. The third-order valence-electron chi connectivity index (χ3n) is 3.53. The Morgan fingerprint density at radius 2 is 1.96 bits per heavy atom. The summed E-state index contributed by atoms with van der Waals surface area (Å²) in [6.45, 7) is 0.255. The van der Waals surface area contributed by atoms with Gasteiger partial charge in [0, 0.05) is 22.2 Å². The van der Waals surface area contributed by atoms with Gasteiger partial charge >= 0.3 is 6.09 Å². The molecule has 3 rings (SSSR count). The van der Waals surface area contributed by atoms with Crippen LogP contribution in [-0.4, -0.2) is 28.2 Å². The van der Waals surface area contributed by atoms with Crippen molar-refractivity contribution in [2.45, 2.75) is 6.54 Å². The van der Waals surface area contributed by atoms with Crippen LogP contribution in [0.3, 0.4) is 0 Å². The number of hydrogen-bond acceptors (Lipinski definition) is 4. The van der Waals surface area contributed by atoms with Crippen LogP contribution >= 0.6 is 23.2 Å². The molecule has 0 radical (unpaired) electrons. The third kappa shape index (κ3) is 4.10. The van der Waals surface area contributed by atoms with E-state index in [2.05, 4.69) is 20.4 Å². The second-order valence-electron chi connectivity index (χ2n) is 5.18. The van der Waals surface area contributed by atoms with Crippen molar-refractivity contribution in [1.82, 2.24) is 20.3 Å². The lowest BCUT2D eigenvalue weighted by atomic mass is 10.1. The van der Waals surface area contributed by atoms with Crippen LogP contribution in [-0.2, 0) is 11.3 Å². The normalized spacial score (nSPS) is 10.5. The number of aromatic nitrogens is 3. The highest BCUT2D eigenvalue weighted by Crippen LogP contribution is 2.24. The predicted octanol–water partition coefficient (Wildman–Crippen LogP) is 4.10. The highest BCUT2D eigenvalue weighted by atomic mass is 35.5. The van der Waals surface area contributed by atoms with E-state index in [4.69, 9.17) is 23.2 Å². The molecule has 6 nitrogen and oxygen atoms in total. The number of ether oxygens (including phenoxy) is 1. The lowest BCUT2D eigenvalue weighted by Crippen LogP contribution is -2.22. The molecule has 25 heavy (non-hydrogen) atoms. The van der Waals surface area contributed by atoms with Crippen LogP contribution in [0.4, 0.5) is 4.79 Å². The van der Waals surface area contributed by atoms with Gasteiger partial charge in [0.1, 0.15) is 5.69 Å². The summed E-state index contributed by atoms with van der Waals surface area (Å²) in [5.41, 5.74) is 3.13. The molecular formula is C17H14Cl2N4O2. The molecule has 0 bridgehead atoms. The average molecular weight is 377 g/mol. The number of alkyl carbamates (subject to hydrolysis) is 1. The van der Waals surface area contributed by atoms with Crippen LogP contribution in [0.1, 0.15) is 5.56 Å². The average Bonchev–Trinajstić information content (AvgIpc) is 3.11. The smallest absolute Gasteiger partial charge is 0.407 e. The summed E-state index contributed by atoms with van der Waals surface area (Å²) in [5.74, 6) is 0. The first kappa shape index (κ1) is 17.3. The minimum absolute atomic E-state index is 0.255. The van der Waals surface area contributed by atoms with Gasteiger partial charge in [0.2, 0.25) is 0 Å². The van der Waals surface area contributed by atoms with Crippen molar-refractivity contribution in [2.75, 3.05) is 7.11 Å². The van der Waals surface area contributed by atoms with E-state index in [1.54, 1.807) is 22.9 Å². The van der Waals surface area contributed by atoms with Crippen LogP contribution in [0.2, 0.25) is 10.0 Å². The molecule has 0 unspecified atom stereocenters. The highest BCUT2D eigenvalue weighted by molar-refractivity contribution is 6.31. The Kier molecular flexibility index (Phi) is 5.21. The molecule has 0 saturated carbocycles. The molecule has 0 aliphatic rings. The van der Waals surface area contributed by atoms with Crippen LogP contribution in [0.5, 0.6) is 0 Å². The maximum atomic E-state index is 11.2. The van der Waals surface area contributed by atoms with Crippen molar-refractivity contribution in [3.63, 3.8) is 0 Å². The molecule has 8 heteroatoms. The van der Waals surface area contributed by atoms with Gasteiger partial charge in [-0.25, -0.2) is 9.48 Å². The number of carbonyl (C=O) groups excluding carboxylic acids is 1. The van der Waals surface area contributed by atoms with Gasteiger partial charge in [-0.2, -0.15) is 0 Å². The van der Waals surface area contributed by atoms with Crippen molar-refractivity contribution >= 4 is 29.3 Å². The molecule has 0 saturated heterocycles. The predicted molar refractivity (Wildman–Crippen MR) is 96.1 cm³/mol. The summed E-state index contributed by atoms with van der Waals surface area (Å²) < 4.78 is 6.22. The first-order valence-electron chi connectivity index (χ1n) is 7.36. The van der Waals surface area contributed by atoms with E-state index in [-0.39, 0.29) is 6.54 Å².